The van der Waals surface area contributed by atoms with Gasteiger partial charge in [-0.2, -0.15) is 0 Å². The Morgan fingerprint density at radius 3 is 2.64 bits per heavy atom. The highest BCUT2D eigenvalue weighted by Crippen LogP contribution is 2.39. The number of hydrogen-bond donors (Lipinski definition) is 2. The monoisotopic (exact) mass is 487 g/mol. The topological polar surface area (TPSA) is 96.5 Å². The second-order valence-corrected chi connectivity index (χ2v) is 10.3. The van der Waals surface area contributed by atoms with E-state index in [4.69, 9.17) is 16.3 Å². The number of benzene rings is 1. The molecule has 0 bridgehead atoms. The smallest absolute Gasteiger partial charge is 0.242 e. The second kappa shape index (κ2) is 9.54. The van der Waals surface area contributed by atoms with Gasteiger partial charge in [0, 0.05) is 38.6 Å². The predicted molar refractivity (Wildman–Crippen MR) is 130 cm³/mol. The first-order valence-corrected chi connectivity index (χ1v) is 12.4. The molecule has 10 heteroatoms. The molecular weight excluding hydrogens is 462 g/mol. The van der Waals surface area contributed by atoms with E-state index < -0.39 is 10.0 Å². The van der Waals surface area contributed by atoms with Crippen LogP contribution in [-0.4, -0.2) is 45.6 Å². The Kier molecular flexibility index (Phi) is 6.73. The maximum Gasteiger partial charge on any atom is 0.242 e. The minimum atomic E-state index is -3.69. The SMILES string of the molecule is CC(CNS(=O)(=O)c1ccc(NC2COc3c(Cl)cccc32)nc1)c1ccc(N(C)C)nc1. The molecule has 2 aromatic heterocycles. The Morgan fingerprint density at radius 2 is 1.97 bits per heavy atom. The summed E-state index contributed by atoms with van der Waals surface area (Å²) in [6.45, 7) is 2.63. The molecule has 2 unspecified atom stereocenters. The molecule has 33 heavy (non-hydrogen) atoms. The van der Waals surface area contributed by atoms with E-state index in [-0.39, 0.29) is 23.4 Å². The van der Waals surface area contributed by atoms with E-state index in [1.54, 1.807) is 18.3 Å². The Bertz CT molecular complexity index is 1220. The summed E-state index contributed by atoms with van der Waals surface area (Å²) in [5, 5.41) is 3.83. The van der Waals surface area contributed by atoms with Crippen LogP contribution in [-0.2, 0) is 10.0 Å². The van der Waals surface area contributed by atoms with Crippen molar-refractivity contribution < 1.29 is 13.2 Å². The molecule has 1 aliphatic heterocycles. The van der Waals surface area contributed by atoms with Gasteiger partial charge in [0.1, 0.15) is 28.9 Å². The highest BCUT2D eigenvalue weighted by molar-refractivity contribution is 7.89. The quantitative estimate of drug-likeness (QED) is 0.498. The molecule has 4 rings (SSSR count). The first kappa shape index (κ1) is 23.3. The Balaban J connectivity index is 1.37. The van der Waals surface area contributed by atoms with Crippen LogP contribution < -0.4 is 19.7 Å². The van der Waals surface area contributed by atoms with Crippen molar-refractivity contribution in [3.8, 4) is 5.75 Å². The van der Waals surface area contributed by atoms with Crippen LogP contribution in [0.1, 0.15) is 30.0 Å². The first-order chi connectivity index (χ1) is 15.7. The fourth-order valence-electron chi connectivity index (χ4n) is 3.52. The number of nitrogens with zero attached hydrogens (tertiary/aromatic N) is 3. The molecule has 2 N–H and O–H groups in total. The van der Waals surface area contributed by atoms with E-state index in [0.29, 0.717) is 23.2 Å². The van der Waals surface area contributed by atoms with Crippen LogP contribution in [0.15, 0.2) is 59.8 Å². The summed E-state index contributed by atoms with van der Waals surface area (Å²) in [6.07, 6.45) is 3.12. The van der Waals surface area contributed by atoms with Crippen molar-refractivity contribution in [2.24, 2.45) is 0 Å². The van der Waals surface area contributed by atoms with Crippen LogP contribution >= 0.6 is 11.6 Å². The molecule has 0 aliphatic carbocycles. The summed E-state index contributed by atoms with van der Waals surface area (Å²) in [4.78, 5) is 10.7. The van der Waals surface area contributed by atoms with E-state index in [1.165, 1.54) is 12.3 Å². The lowest BCUT2D eigenvalue weighted by atomic mass is 10.0. The normalized spacial score (nSPS) is 16.1. The van der Waals surface area contributed by atoms with E-state index in [9.17, 15) is 8.42 Å². The van der Waals surface area contributed by atoms with Crippen LogP contribution in [0.2, 0.25) is 5.02 Å². The number of pyridine rings is 2. The molecule has 0 amide bonds. The van der Waals surface area contributed by atoms with Crippen LogP contribution in [0.5, 0.6) is 5.75 Å². The highest BCUT2D eigenvalue weighted by Gasteiger charge is 2.26. The van der Waals surface area contributed by atoms with E-state index in [1.807, 2.05) is 50.2 Å². The van der Waals surface area contributed by atoms with Crippen LogP contribution in [0.3, 0.4) is 0 Å². The first-order valence-electron chi connectivity index (χ1n) is 10.5. The average Bonchev–Trinajstić information content (AvgIpc) is 3.22. The minimum absolute atomic E-state index is 0.0355. The lowest BCUT2D eigenvalue weighted by molar-refractivity contribution is 0.340. The van der Waals surface area contributed by atoms with Crippen LogP contribution in [0.25, 0.3) is 0 Å². The van der Waals surface area contributed by atoms with Crippen molar-refractivity contribution in [3.05, 3.63) is 71.0 Å². The molecule has 3 heterocycles. The fraction of sp³-hybridized carbons (Fsp3) is 0.304. The number of sulfonamides is 1. The summed E-state index contributed by atoms with van der Waals surface area (Å²) in [5.74, 6) is 2.03. The summed E-state index contributed by atoms with van der Waals surface area (Å²) >= 11 is 6.17. The summed E-state index contributed by atoms with van der Waals surface area (Å²) in [6, 6.07) is 12.5. The number of aromatic nitrogens is 2. The molecule has 0 fully saturated rings. The van der Waals surface area contributed by atoms with Gasteiger partial charge >= 0.3 is 0 Å². The van der Waals surface area contributed by atoms with E-state index >= 15 is 0 Å². The van der Waals surface area contributed by atoms with Gasteiger partial charge in [-0.05, 0) is 35.7 Å². The van der Waals surface area contributed by atoms with Gasteiger partial charge in [-0.1, -0.05) is 36.7 Å². The van der Waals surface area contributed by atoms with Crippen molar-refractivity contribution in [2.75, 3.05) is 37.5 Å². The second-order valence-electron chi connectivity index (χ2n) is 8.14. The molecule has 0 saturated carbocycles. The van der Waals surface area contributed by atoms with Crippen LogP contribution in [0, 0.1) is 0 Å². The van der Waals surface area contributed by atoms with Crippen LogP contribution in [0.4, 0.5) is 11.6 Å². The van der Waals surface area contributed by atoms with Gasteiger partial charge in [0.05, 0.1) is 11.1 Å². The number of fused-ring (bicyclic) bond motifs is 1. The largest absolute Gasteiger partial charge is 0.489 e. The van der Waals surface area contributed by atoms with Gasteiger partial charge in [0.15, 0.2) is 0 Å². The van der Waals surface area contributed by atoms with E-state index in [2.05, 4.69) is 20.0 Å². The molecule has 1 aliphatic rings. The highest BCUT2D eigenvalue weighted by atomic mass is 35.5. The molecule has 8 nitrogen and oxygen atoms in total. The van der Waals surface area contributed by atoms with E-state index in [0.717, 1.165) is 16.9 Å². The Morgan fingerprint density at radius 1 is 1.15 bits per heavy atom. The van der Waals surface area contributed by atoms with Crippen molar-refractivity contribution in [1.29, 1.82) is 0 Å². The molecule has 0 saturated heterocycles. The van der Waals surface area contributed by atoms with Gasteiger partial charge < -0.3 is 15.0 Å². The third-order valence-corrected chi connectivity index (χ3v) is 7.22. The zero-order valence-corrected chi connectivity index (χ0v) is 20.2. The minimum Gasteiger partial charge on any atom is -0.489 e. The number of hydrogen-bond acceptors (Lipinski definition) is 7. The van der Waals surface area contributed by atoms with Gasteiger partial charge in [-0.25, -0.2) is 23.1 Å². The summed E-state index contributed by atoms with van der Waals surface area (Å²) < 4.78 is 33.8. The zero-order valence-electron chi connectivity index (χ0n) is 18.6. The van der Waals surface area contributed by atoms with Crippen molar-refractivity contribution in [2.45, 2.75) is 23.8 Å². The molecule has 1 aromatic carbocycles. The number of anilines is 2. The number of ether oxygens (including phenoxy) is 1. The number of halogens is 1. The molecular formula is C23H26ClN5O3S. The molecule has 2 atom stereocenters. The Labute approximate surface area is 199 Å². The summed E-state index contributed by atoms with van der Waals surface area (Å²) in [5.41, 5.74) is 1.91. The van der Waals surface area contributed by atoms with Gasteiger partial charge in [0.2, 0.25) is 10.0 Å². The Hall–Kier alpha value is -2.88. The van der Waals surface area contributed by atoms with Gasteiger partial charge in [-0.15, -0.1) is 0 Å². The molecule has 0 radical (unpaired) electrons. The number of rotatable bonds is 8. The van der Waals surface area contributed by atoms with Gasteiger partial charge in [-0.3, -0.25) is 0 Å². The molecule has 3 aromatic rings. The zero-order chi connectivity index (χ0) is 23.6. The lowest BCUT2D eigenvalue weighted by Gasteiger charge is -2.16. The fourth-order valence-corrected chi connectivity index (χ4v) is 4.83. The predicted octanol–water partition coefficient (Wildman–Crippen LogP) is 3.82. The average molecular weight is 488 g/mol. The van der Waals surface area contributed by atoms with Gasteiger partial charge in [0.25, 0.3) is 0 Å². The lowest BCUT2D eigenvalue weighted by Crippen LogP contribution is -2.28. The molecule has 174 valence electrons. The summed E-state index contributed by atoms with van der Waals surface area (Å²) in [7, 11) is 0.148. The van der Waals surface area contributed by atoms with Crippen molar-refractivity contribution >= 4 is 33.3 Å². The maximum atomic E-state index is 12.7. The number of nitrogens with one attached hydrogen (secondary N) is 2. The van der Waals surface area contributed by atoms with Crippen molar-refractivity contribution in [3.63, 3.8) is 0 Å². The maximum absolute atomic E-state index is 12.7. The third kappa shape index (κ3) is 5.21. The van der Waals surface area contributed by atoms with Crippen molar-refractivity contribution in [1.82, 2.24) is 14.7 Å². The number of para-hydroxylation sites is 1. The molecule has 0 spiro atoms. The third-order valence-electron chi connectivity index (χ3n) is 5.51. The standard InChI is InChI=1S/C23H26ClN5O3S/c1-15(16-7-10-22(26-12-16)29(2)3)11-27-33(30,31)17-8-9-21(25-13-17)28-20-14-32-23-18(20)5-4-6-19(23)24/h4-10,12-13,15,20,27H,11,14H2,1-3H3,(H,25,28).